The zero-order valence-corrected chi connectivity index (χ0v) is 18.2. The molecule has 30 heavy (non-hydrogen) atoms. The first kappa shape index (κ1) is 19.5. The third-order valence-electron chi connectivity index (χ3n) is 6.71. The van der Waals surface area contributed by atoms with E-state index in [1.165, 1.54) is 39.1 Å². The summed E-state index contributed by atoms with van der Waals surface area (Å²) in [5.74, 6) is 0. The minimum atomic E-state index is 0.448. The van der Waals surface area contributed by atoms with Crippen molar-refractivity contribution in [1.29, 1.82) is 0 Å². The second-order valence-electron chi connectivity index (χ2n) is 8.41. The Labute approximate surface area is 184 Å². The molecule has 0 saturated carbocycles. The Bertz CT molecular complexity index is 1080. The third-order valence-corrected chi connectivity index (χ3v) is 6.95. The van der Waals surface area contributed by atoms with Crippen molar-refractivity contribution < 1.29 is 0 Å². The van der Waals surface area contributed by atoms with Crippen LogP contribution in [0.3, 0.4) is 0 Å². The number of fused-ring (bicyclic) bond motifs is 2. The van der Waals surface area contributed by atoms with Crippen LogP contribution in [0, 0.1) is 0 Å². The van der Waals surface area contributed by atoms with Crippen LogP contribution in [0.5, 0.6) is 0 Å². The predicted molar refractivity (Wildman–Crippen MR) is 125 cm³/mol. The highest BCUT2D eigenvalue weighted by Crippen LogP contribution is 2.39. The average Bonchev–Trinajstić information content (AvgIpc) is 2.96. The van der Waals surface area contributed by atoms with Gasteiger partial charge >= 0.3 is 0 Å². The number of piperidine rings is 1. The molecule has 1 aliphatic heterocycles. The van der Waals surface area contributed by atoms with Gasteiger partial charge in [-0.3, -0.25) is 9.88 Å². The first-order chi connectivity index (χ1) is 14.7. The van der Waals surface area contributed by atoms with Crippen LogP contribution in [-0.4, -0.2) is 23.0 Å². The summed E-state index contributed by atoms with van der Waals surface area (Å²) >= 11 is 6.35. The zero-order valence-electron chi connectivity index (χ0n) is 17.4. The van der Waals surface area contributed by atoms with E-state index in [1.54, 1.807) is 0 Å². The normalized spacial score (nSPS) is 17.8. The van der Waals surface area contributed by atoms with Crippen LogP contribution in [0.2, 0.25) is 5.02 Å². The molecule has 1 fully saturated rings. The highest BCUT2D eigenvalue weighted by atomic mass is 35.5. The molecule has 5 rings (SSSR count). The Morgan fingerprint density at radius 3 is 2.43 bits per heavy atom. The maximum atomic E-state index is 6.35. The van der Waals surface area contributed by atoms with E-state index < -0.39 is 0 Å². The average molecular weight is 415 g/mol. The number of hydrogen-bond donors (Lipinski definition) is 0. The molecule has 2 aliphatic rings. The molecule has 0 N–H and O–H groups in total. The smallest absolute Gasteiger partial charge is 0.0739 e. The van der Waals surface area contributed by atoms with Gasteiger partial charge in [-0.15, -0.1) is 0 Å². The Morgan fingerprint density at radius 1 is 0.867 bits per heavy atom. The summed E-state index contributed by atoms with van der Waals surface area (Å²) in [7, 11) is 0. The lowest BCUT2D eigenvalue weighted by atomic mass is 9.88. The number of nitrogens with zero attached hydrogens (tertiary/aromatic N) is 2. The van der Waals surface area contributed by atoms with Crippen molar-refractivity contribution >= 4 is 17.2 Å². The molecule has 0 spiro atoms. The maximum absolute atomic E-state index is 6.35. The Morgan fingerprint density at radius 2 is 1.63 bits per heavy atom. The highest BCUT2D eigenvalue weighted by Gasteiger charge is 2.26. The van der Waals surface area contributed by atoms with Crippen molar-refractivity contribution in [3.8, 4) is 0 Å². The predicted octanol–water partition coefficient (Wildman–Crippen LogP) is 6.49. The molecule has 1 aromatic heterocycles. The molecule has 1 aliphatic carbocycles. The Balaban J connectivity index is 1.51. The number of likely N-dealkylation sites (tertiary alicyclic amines) is 1. The number of aryl methyl sites for hydroxylation is 2. The molecule has 0 amide bonds. The van der Waals surface area contributed by atoms with Gasteiger partial charge < -0.3 is 0 Å². The van der Waals surface area contributed by atoms with Gasteiger partial charge in [0.1, 0.15) is 0 Å². The van der Waals surface area contributed by atoms with Crippen LogP contribution < -0.4 is 0 Å². The molecule has 1 atom stereocenters. The first-order valence-corrected chi connectivity index (χ1v) is 11.3. The summed E-state index contributed by atoms with van der Waals surface area (Å²) in [6.07, 6.45) is 6.15. The molecule has 2 heterocycles. The first-order valence-electron chi connectivity index (χ1n) is 10.9. The van der Waals surface area contributed by atoms with Crippen molar-refractivity contribution in [3.63, 3.8) is 0 Å². The van der Waals surface area contributed by atoms with Gasteiger partial charge in [0.2, 0.25) is 0 Å². The van der Waals surface area contributed by atoms with Gasteiger partial charge in [-0.25, -0.2) is 0 Å². The van der Waals surface area contributed by atoms with Crippen LogP contribution in [0.1, 0.15) is 53.8 Å². The molecule has 3 heteroatoms. The summed E-state index contributed by atoms with van der Waals surface area (Å²) in [6.45, 7) is 4.49. The van der Waals surface area contributed by atoms with Crippen molar-refractivity contribution in [2.75, 3.05) is 13.1 Å². The largest absolute Gasteiger partial charge is 0.296 e. The van der Waals surface area contributed by atoms with Gasteiger partial charge in [0, 0.05) is 35.9 Å². The van der Waals surface area contributed by atoms with E-state index in [1.807, 2.05) is 12.3 Å². The van der Waals surface area contributed by atoms with E-state index in [4.69, 9.17) is 16.6 Å². The second-order valence-corrected chi connectivity index (χ2v) is 8.85. The number of rotatable bonds is 2. The quantitative estimate of drug-likeness (QED) is 0.476. The monoisotopic (exact) mass is 414 g/mol. The lowest BCUT2D eigenvalue weighted by Crippen LogP contribution is -2.33. The number of hydrogen-bond acceptors (Lipinski definition) is 2. The molecule has 1 saturated heterocycles. The lowest BCUT2D eigenvalue weighted by molar-refractivity contribution is 0.197. The molecule has 0 radical (unpaired) electrons. The van der Waals surface area contributed by atoms with Gasteiger partial charge in [0.15, 0.2) is 0 Å². The molecule has 2 nitrogen and oxygen atoms in total. The lowest BCUT2D eigenvalue weighted by Gasteiger charge is -2.35. The van der Waals surface area contributed by atoms with Crippen molar-refractivity contribution in [1.82, 2.24) is 9.88 Å². The second kappa shape index (κ2) is 8.37. The van der Waals surface area contributed by atoms with E-state index in [2.05, 4.69) is 66.4 Å². The summed E-state index contributed by atoms with van der Waals surface area (Å²) < 4.78 is 0. The third kappa shape index (κ3) is 3.71. The fourth-order valence-corrected chi connectivity index (χ4v) is 5.20. The highest BCUT2D eigenvalue weighted by molar-refractivity contribution is 6.30. The number of benzene rings is 2. The van der Waals surface area contributed by atoms with E-state index in [0.717, 1.165) is 43.8 Å². The van der Waals surface area contributed by atoms with Crippen molar-refractivity contribution in [2.24, 2.45) is 0 Å². The van der Waals surface area contributed by atoms with Crippen LogP contribution in [0.25, 0.3) is 5.57 Å². The van der Waals surface area contributed by atoms with Gasteiger partial charge in [-0.05, 0) is 73.1 Å². The Hall–Kier alpha value is -2.42. The van der Waals surface area contributed by atoms with Gasteiger partial charge in [-0.1, -0.05) is 59.6 Å². The van der Waals surface area contributed by atoms with E-state index in [0.29, 0.717) is 6.04 Å². The molecule has 0 bridgehead atoms. The van der Waals surface area contributed by atoms with Gasteiger partial charge in [0.25, 0.3) is 0 Å². The van der Waals surface area contributed by atoms with Crippen molar-refractivity contribution in [2.45, 2.75) is 38.6 Å². The van der Waals surface area contributed by atoms with Crippen LogP contribution in [-0.2, 0) is 12.8 Å². The molecule has 3 aromatic rings. The Kier molecular flexibility index (Phi) is 5.45. The van der Waals surface area contributed by atoms with E-state index in [9.17, 15) is 0 Å². The van der Waals surface area contributed by atoms with Crippen LogP contribution in [0.4, 0.5) is 0 Å². The SMILES string of the molecule is C[C@@H](c1ccccc1)N1CCC(=C2c3ccc(Cl)cc3CCc3cccnc32)CC1. The molecule has 0 unspecified atom stereocenters. The summed E-state index contributed by atoms with van der Waals surface area (Å²) in [6, 6.07) is 22.0. The summed E-state index contributed by atoms with van der Waals surface area (Å²) in [5.41, 5.74) is 9.51. The fraction of sp³-hybridized carbons (Fsp3) is 0.296. The minimum absolute atomic E-state index is 0.448. The fourth-order valence-electron chi connectivity index (χ4n) is 5.01. The van der Waals surface area contributed by atoms with Gasteiger partial charge in [0.05, 0.1) is 5.69 Å². The summed E-state index contributed by atoms with van der Waals surface area (Å²) in [5, 5.41) is 0.823. The van der Waals surface area contributed by atoms with Crippen LogP contribution >= 0.6 is 11.6 Å². The van der Waals surface area contributed by atoms with Gasteiger partial charge in [-0.2, -0.15) is 0 Å². The van der Waals surface area contributed by atoms with Crippen molar-refractivity contribution in [3.05, 3.63) is 105 Å². The summed E-state index contributed by atoms with van der Waals surface area (Å²) in [4.78, 5) is 7.46. The molecular formula is C27H27ClN2. The number of halogens is 1. The number of aromatic nitrogens is 1. The molecule has 152 valence electrons. The molecule has 2 aromatic carbocycles. The molecular weight excluding hydrogens is 388 g/mol. The van der Waals surface area contributed by atoms with E-state index >= 15 is 0 Å². The van der Waals surface area contributed by atoms with E-state index in [-0.39, 0.29) is 0 Å². The topological polar surface area (TPSA) is 16.1 Å². The number of pyridine rings is 1. The standard InChI is InChI=1S/C27H27ClN2/c1-19(20-6-3-2-4-7-20)30-16-13-21(14-17-30)26-25-12-11-24(28)18-23(25)10-9-22-8-5-15-29-27(22)26/h2-8,11-12,15,18-19H,9-10,13-14,16-17H2,1H3/t19-/m0/s1. The zero-order chi connectivity index (χ0) is 20.5. The maximum Gasteiger partial charge on any atom is 0.0739 e. The minimum Gasteiger partial charge on any atom is -0.296 e. The van der Waals surface area contributed by atoms with Crippen LogP contribution in [0.15, 0.2) is 72.4 Å².